The van der Waals surface area contributed by atoms with Crippen molar-refractivity contribution in [2.24, 2.45) is 0 Å². The summed E-state index contributed by atoms with van der Waals surface area (Å²) in [5.74, 6) is 2.57. The molecule has 4 heterocycles. The highest BCUT2D eigenvalue weighted by atomic mass is 32.1. The van der Waals surface area contributed by atoms with Gasteiger partial charge in [0.15, 0.2) is 5.76 Å². The molecule has 0 fully saturated rings. The summed E-state index contributed by atoms with van der Waals surface area (Å²) in [6.07, 6.45) is 5.69. The summed E-state index contributed by atoms with van der Waals surface area (Å²) in [5, 5.41) is 3.83. The molecule has 6 aromatic rings. The normalized spacial score (nSPS) is 11.4. The Labute approximate surface area is 199 Å². The number of methoxy groups -OCH3 is 1. The Balaban J connectivity index is 1.32. The van der Waals surface area contributed by atoms with Crippen molar-refractivity contribution in [1.29, 1.82) is 0 Å². The molecule has 7 nitrogen and oxygen atoms in total. The molecule has 4 aromatic heterocycles. The van der Waals surface area contributed by atoms with Gasteiger partial charge in [-0.3, -0.25) is 4.40 Å². The van der Waals surface area contributed by atoms with Gasteiger partial charge in [-0.2, -0.15) is 0 Å². The zero-order valence-electron chi connectivity index (χ0n) is 18.6. The Bertz CT molecular complexity index is 1620. The third kappa shape index (κ3) is 3.78. The number of hydrogen-bond donors (Lipinski definition) is 0. The first-order valence-electron chi connectivity index (χ1n) is 10.7. The first kappa shape index (κ1) is 20.4. The van der Waals surface area contributed by atoms with Crippen molar-refractivity contribution >= 4 is 28.1 Å². The topological polar surface area (TPSA) is 74.7 Å². The first-order chi connectivity index (χ1) is 16.7. The number of fused-ring (bicyclic) bond motifs is 2. The van der Waals surface area contributed by atoms with Gasteiger partial charge in [-0.1, -0.05) is 30.3 Å². The number of aryl methyl sites for hydroxylation is 1. The molecule has 0 unspecified atom stereocenters. The van der Waals surface area contributed by atoms with Crippen molar-refractivity contribution in [2.75, 3.05) is 7.11 Å². The molecule has 0 saturated heterocycles. The summed E-state index contributed by atoms with van der Waals surface area (Å²) >= 11 is 1.60. The van der Waals surface area contributed by atoms with Crippen molar-refractivity contribution in [2.45, 2.75) is 13.5 Å². The number of thiazole rings is 1. The lowest BCUT2D eigenvalue weighted by molar-refractivity contribution is 0.303. The number of ether oxygens (including phenoxy) is 2. The van der Waals surface area contributed by atoms with Gasteiger partial charge in [-0.15, -0.1) is 11.3 Å². The predicted molar refractivity (Wildman–Crippen MR) is 131 cm³/mol. The smallest absolute Gasteiger partial charge is 0.234 e. The van der Waals surface area contributed by atoms with Gasteiger partial charge in [0.25, 0.3) is 0 Å². The Morgan fingerprint density at radius 2 is 1.94 bits per heavy atom. The lowest BCUT2D eigenvalue weighted by Gasteiger charge is -2.07. The van der Waals surface area contributed by atoms with Crippen LogP contribution in [0.3, 0.4) is 0 Å². The second kappa shape index (κ2) is 8.31. The number of hydrogen-bond acceptors (Lipinski definition) is 7. The summed E-state index contributed by atoms with van der Waals surface area (Å²) in [6, 6.07) is 15.8. The number of nitrogens with zero attached hydrogens (tertiary/aromatic N) is 4. The van der Waals surface area contributed by atoms with E-state index in [4.69, 9.17) is 18.9 Å². The van der Waals surface area contributed by atoms with E-state index in [-0.39, 0.29) is 0 Å². The molecule has 168 valence electrons. The van der Waals surface area contributed by atoms with E-state index in [1.807, 2.05) is 65.5 Å². The molecule has 0 atom stereocenters. The molecule has 34 heavy (non-hydrogen) atoms. The SMILES string of the molecule is COc1cc(OCc2csc(-c3ccccc3)n2)c2cc(-c3cn4cc(C)cnc4n3)oc2c1. The van der Waals surface area contributed by atoms with Gasteiger partial charge in [0.1, 0.15) is 34.4 Å². The van der Waals surface area contributed by atoms with Gasteiger partial charge < -0.3 is 13.9 Å². The van der Waals surface area contributed by atoms with Crippen LogP contribution in [0.5, 0.6) is 11.5 Å². The van der Waals surface area contributed by atoms with Crippen LogP contribution < -0.4 is 9.47 Å². The number of rotatable bonds is 6. The molecule has 0 spiro atoms. The van der Waals surface area contributed by atoms with Gasteiger partial charge >= 0.3 is 0 Å². The van der Waals surface area contributed by atoms with Gasteiger partial charge in [0.2, 0.25) is 5.78 Å². The van der Waals surface area contributed by atoms with E-state index in [1.54, 1.807) is 24.6 Å². The minimum Gasteiger partial charge on any atom is -0.496 e. The molecule has 0 aliphatic rings. The van der Waals surface area contributed by atoms with Crippen molar-refractivity contribution in [3.63, 3.8) is 0 Å². The minimum atomic E-state index is 0.337. The maximum absolute atomic E-state index is 6.19. The van der Waals surface area contributed by atoms with Gasteiger partial charge in [-0.05, 0) is 18.6 Å². The van der Waals surface area contributed by atoms with Crippen LogP contribution in [0.2, 0.25) is 0 Å². The molecule has 0 saturated carbocycles. The van der Waals surface area contributed by atoms with Crippen LogP contribution in [-0.2, 0) is 6.61 Å². The van der Waals surface area contributed by atoms with E-state index in [0.717, 1.165) is 27.2 Å². The summed E-state index contributed by atoms with van der Waals surface area (Å²) < 4.78 is 19.7. The number of furan rings is 1. The van der Waals surface area contributed by atoms with Gasteiger partial charge in [0.05, 0.1) is 18.2 Å². The Morgan fingerprint density at radius 3 is 2.79 bits per heavy atom. The fraction of sp³-hybridized carbons (Fsp3) is 0.115. The maximum atomic E-state index is 6.19. The molecule has 8 heteroatoms. The Hall–Kier alpha value is -4.17. The third-order valence-corrected chi connectivity index (χ3v) is 6.39. The van der Waals surface area contributed by atoms with E-state index in [0.29, 0.717) is 40.9 Å². The van der Waals surface area contributed by atoms with Crippen molar-refractivity contribution < 1.29 is 13.9 Å². The summed E-state index contributed by atoms with van der Waals surface area (Å²) in [4.78, 5) is 13.7. The number of aromatic nitrogens is 4. The molecular weight excluding hydrogens is 448 g/mol. The lowest BCUT2D eigenvalue weighted by atomic mass is 10.2. The fourth-order valence-electron chi connectivity index (χ4n) is 3.79. The number of benzene rings is 2. The zero-order valence-corrected chi connectivity index (χ0v) is 19.4. The van der Waals surface area contributed by atoms with Crippen LogP contribution in [0, 0.1) is 6.92 Å². The van der Waals surface area contributed by atoms with E-state index < -0.39 is 0 Å². The van der Waals surface area contributed by atoms with Crippen LogP contribution >= 0.6 is 11.3 Å². The first-order valence-corrected chi connectivity index (χ1v) is 11.6. The molecule has 6 rings (SSSR count). The monoisotopic (exact) mass is 468 g/mol. The Kier molecular flexibility index (Phi) is 5.00. The number of imidazole rings is 1. The molecule has 0 N–H and O–H groups in total. The third-order valence-electron chi connectivity index (χ3n) is 5.45. The summed E-state index contributed by atoms with van der Waals surface area (Å²) in [7, 11) is 1.62. The second-order valence-electron chi connectivity index (χ2n) is 7.91. The molecule has 0 aliphatic heterocycles. The molecular formula is C26H20N4O3S. The van der Waals surface area contributed by atoms with Crippen LogP contribution in [0.15, 0.2) is 76.9 Å². The van der Waals surface area contributed by atoms with Crippen molar-refractivity contribution in [3.05, 3.63) is 83.8 Å². The van der Waals surface area contributed by atoms with Crippen molar-refractivity contribution in [3.8, 4) is 33.5 Å². The van der Waals surface area contributed by atoms with Gasteiger partial charge in [-0.25, -0.2) is 15.0 Å². The van der Waals surface area contributed by atoms with Crippen LogP contribution in [-0.4, -0.2) is 26.5 Å². The van der Waals surface area contributed by atoms with E-state index in [9.17, 15) is 0 Å². The Morgan fingerprint density at radius 1 is 1.06 bits per heavy atom. The zero-order chi connectivity index (χ0) is 23.1. The lowest BCUT2D eigenvalue weighted by Crippen LogP contribution is -1.96. The predicted octanol–water partition coefficient (Wildman–Crippen LogP) is 6.16. The second-order valence-corrected chi connectivity index (χ2v) is 8.77. The van der Waals surface area contributed by atoms with Crippen LogP contribution in [0.25, 0.3) is 38.8 Å². The van der Waals surface area contributed by atoms with E-state index >= 15 is 0 Å². The molecule has 0 aliphatic carbocycles. The summed E-state index contributed by atoms with van der Waals surface area (Å²) in [6.45, 7) is 2.33. The average molecular weight is 469 g/mol. The molecule has 2 aromatic carbocycles. The highest BCUT2D eigenvalue weighted by molar-refractivity contribution is 7.13. The van der Waals surface area contributed by atoms with Crippen LogP contribution in [0.1, 0.15) is 11.3 Å². The quantitative estimate of drug-likeness (QED) is 0.291. The van der Waals surface area contributed by atoms with Crippen molar-refractivity contribution in [1.82, 2.24) is 19.4 Å². The highest BCUT2D eigenvalue weighted by Gasteiger charge is 2.16. The molecule has 0 radical (unpaired) electrons. The standard InChI is InChI=1S/C26H20N4O3S/c1-16-11-27-26-29-21(13-30(26)12-16)24-10-20-22(8-19(31-2)9-23(20)33-24)32-14-18-15-34-25(28-18)17-6-4-3-5-7-17/h3-13,15H,14H2,1-2H3. The van der Waals surface area contributed by atoms with Crippen LogP contribution in [0.4, 0.5) is 0 Å². The molecule has 0 bridgehead atoms. The fourth-order valence-corrected chi connectivity index (χ4v) is 4.60. The largest absolute Gasteiger partial charge is 0.496 e. The van der Waals surface area contributed by atoms with E-state index in [2.05, 4.69) is 22.1 Å². The summed E-state index contributed by atoms with van der Waals surface area (Å²) in [5.41, 5.74) is 4.38. The highest BCUT2D eigenvalue weighted by Crippen LogP contribution is 2.37. The van der Waals surface area contributed by atoms with E-state index in [1.165, 1.54) is 0 Å². The average Bonchev–Trinajstić information content (AvgIpc) is 3.60. The minimum absolute atomic E-state index is 0.337. The molecule has 0 amide bonds. The maximum Gasteiger partial charge on any atom is 0.234 e. The van der Waals surface area contributed by atoms with Gasteiger partial charge in [0, 0.05) is 41.7 Å².